The van der Waals surface area contributed by atoms with E-state index >= 15 is 0 Å². The maximum atomic E-state index is 4.28. The van der Waals surface area contributed by atoms with Crippen LogP contribution in [0.1, 0.15) is 11.3 Å². The fourth-order valence-electron chi connectivity index (χ4n) is 1.90. The lowest BCUT2D eigenvalue weighted by molar-refractivity contribution is 1.09. The van der Waals surface area contributed by atoms with Crippen LogP contribution in [0, 0.1) is 6.92 Å². The normalized spacial score (nSPS) is 10.7. The highest BCUT2D eigenvalue weighted by molar-refractivity contribution is 5.87. The lowest BCUT2D eigenvalue weighted by Crippen LogP contribution is -2.02. The van der Waals surface area contributed by atoms with Crippen molar-refractivity contribution in [3.05, 3.63) is 48.2 Å². The molecule has 18 heavy (non-hydrogen) atoms. The largest absolute Gasteiger partial charge is 0.365 e. The maximum Gasteiger partial charge on any atom is 0.143 e. The summed E-state index contributed by atoms with van der Waals surface area (Å²) < 4.78 is 0. The number of pyridine rings is 1. The molecule has 0 unspecified atom stereocenters. The molecule has 0 aliphatic carbocycles. The number of aromatic nitrogens is 4. The summed E-state index contributed by atoms with van der Waals surface area (Å²) in [5.41, 5.74) is 3.11. The second-order valence-corrected chi connectivity index (χ2v) is 4.15. The maximum absolute atomic E-state index is 4.28. The zero-order chi connectivity index (χ0) is 12.4. The van der Waals surface area contributed by atoms with Crippen molar-refractivity contribution in [1.29, 1.82) is 0 Å². The van der Waals surface area contributed by atoms with Gasteiger partial charge in [0.05, 0.1) is 5.39 Å². The number of H-pyrrole nitrogens is 1. The molecule has 3 aromatic heterocycles. The zero-order valence-corrected chi connectivity index (χ0v) is 10.0. The number of rotatable bonds is 3. The predicted octanol–water partition coefficient (Wildman–Crippen LogP) is 2.27. The molecule has 3 heterocycles. The van der Waals surface area contributed by atoms with Gasteiger partial charge in [-0.25, -0.2) is 9.97 Å². The van der Waals surface area contributed by atoms with Gasteiger partial charge < -0.3 is 10.3 Å². The van der Waals surface area contributed by atoms with E-state index in [2.05, 4.69) is 25.3 Å². The van der Waals surface area contributed by atoms with Crippen LogP contribution in [0.2, 0.25) is 0 Å². The number of nitrogens with zero attached hydrogens (tertiary/aromatic N) is 3. The quantitative estimate of drug-likeness (QED) is 0.735. The number of anilines is 1. The minimum atomic E-state index is 0.721. The van der Waals surface area contributed by atoms with Crippen molar-refractivity contribution >= 4 is 16.9 Å². The van der Waals surface area contributed by atoms with Gasteiger partial charge in [-0.1, -0.05) is 0 Å². The van der Waals surface area contributed by atoms with Crippen LogP contribution in [0.25, 0.3) is 11.0 Å². The van der Waals surface area contributed by atoms with Crippen LogP contribution in [0.5, 0.6) is 0 Å². The van der Waals surface area contributed by atoms with Crippen molar-refractivity contribution in [1.82, 2.24) is 19.9 Å². The first-order valence-corrected chi connectivity index (χ1v) is 5.76. The summed E-state index contributed by atoms with van der Waals surface area (Å²) in [4.78, 5) is 15.7. The zero-order valence-electron chi connectivity index (χ0n) is 10.0. The lowest BCUT2D eigenvalue weighted by atomic mass is 10.2. The second-order valence-electron chi connectivity index (χ2n) is 4.15. The van der Waals surface area contributed by atoms with Crippen molar-refractivity contribution in [3.8, 4) is 0 Å². The molecule has 0 fully saturated rings. The van der Waals surface area contributed by atoms with Crippen LogP contribution in [-0.4, -0.2) is 19.9 Å². The topological polar surface area (TPSA) is 66.5 Å². The van der Waals surface area contributed by atoms with Crippen LogP contribution in [-0.2, 0) is 6.54 Å². The molecule has 5 heteroatoms. The van der Waals surface area contributed by atoms with E-state index in [1.165, 1.54) is 5.56 Å². The molecule has 90 valence electrons. The lowest BCUT2D eigenvalue weighted by Gasteiger charge is -2.05. The molecule has 0 saturated carbocycles. The van der Waals surface area contributed by atoms with Crippen molar-refractivity contribution in [2.75, 3.05) is 5.32 Å². The molecular formula is C13H13N5. The number of aryl methyl sites for hydroxylation is 1. The van der Waals surface area contributed by atoms with Gasteiger partial charge in [0.1, 0.15) is 17.8 Å². The number of hydrogen-bond acceptors (Lipinski definition) is 4. The van der Waals surface area contributed by atoms with Crippen LogP contribution in [0.4, 0.5) is 5.82 Å². The predicted molar refractivity (Wildman–Crippen MR) is 70.2 cm³/mol. The summed E-state index contributed by atoms with van der Waals surface area (Å²) in [6.07, 6.45) is 5.13. The molecule has 0 bridgehead atoms. The number of fused-ring (bicyclic) bond motifs is 1. The van der Waals surface area contributed by atoms with E-state index in [1.807, 2.05) is 25.1 Å². The SMILES string of the molecule is Cc1cc2c(NCc3ccncc3)ncnc2[nH]1. The van der Waals surface area contributed by atoms with Crippen molar-refractivity contribution in [2.45, 2.75) is 13.5 Å². The Morgan fingerprint density at radius 3 is 2.89 bits per heavy atom. The fourth-order valence-corrected chi connectivity index (χ4v) is 1.90. The first-order chi connectivity index (χ1) is 8.83. The Hall–Kier alpha value is -2.43. The smallest absolute Gasteiger partial charge is 0.143 e. The van der Waals surface area contributed by atoms with E-state index in [0.717, 1.165) is 29.1 Å². The standard InChI is InChI=1S/C13H13N5/c1-9-6-11-12(16-8-17-13(11)18-9)15-7-10-2-4-14-5-3-10/h2-6,8H,7H2,1H3,(H2,15,16,17,18). The van der Waals surface area contributed by atoms with Crippen molar-refractivity contribution in [2.24, 2.45) is 0 Å². The Bertz CT molecular complexity index is 659. The van der Waals surface area contributed by atoms with E-state index in [4.69, 9.17) is 0 Å². The van der Waals surface area contributed by atoms with E-state index in [-0.39, 0.29) is 0 Å². The molecule has 0 atom stereocenters. The molecule has 3 rings (SSSR count). The van der Waals surface area contributed by atoms with E-state index in [1.54, 1.807) is 18.7 Å². The van der Waals surface area contributed by atoms with Crippen LogP contribution < -0.4 is 5.32 Å². The third-order valence-corrected chi connectivity index (χ3v) is 2.77. The Morgan fingerprint density at radius 2 is 2.06 bits per heavy atom. The van der Waals surface area contributed by atoms with Gasteiger partial charge in [0.25, 0.3) is 0 Å². The van der Waals surface area contributed by atoms with Gasteiger partial charge in [-0.3, -0.25) is 4.98 Å². The van der Waals surface area contributed by atoms with Crippen LogP contribution in [0.15, 0.2) is 36.9 Å². The van der Waals surface area contributed by atoms with Gasteiger partial charge in [0.2, 0.25) is 0 Å². The van der Waals surface area contributed by atoms with Crippen LogP contribution >= 0.6 is 0 Å². The molecule has 0 spiro atoms. The molecule has 0 amide bonds. The molecule has 0 aliphatic heterocycles. The summed E-state index contributed by atoms with van der Waals surface area (Å²) >= 11 is 0. The van der Waals surface area contributed by atoms with Gasteiger partial charge in [0.15, 0.2) is 0 Å². The Labute approximate surface area is 104 Å². The number of hydrogen-bond donors (Lipinski definition) is 2. The fraction of sp³-hybridized carbons (Fsp3) is 0.154. The Morgan fingerprint density at radius 1 is 1.22 bits per heavy atom. The van der Waals surface area contributed by atoms with E-state index in [0.29, 0.717) is 0 Å². The average Bonchev–Trinajstić information content (AvgIpc) is 2.78. The third kappa shape index (κ3) is 2.02. The van der Waals surface area contributed by atoms with Gasteiger partial charge in [0, 0.05) is 24.6 Å². The molecule has 2 N–H and O–H groups in total. The first kappa shape index (κ1) is 10.7. The molecule has 0 saturated heterocycles. The molecule has 0 aliphatic rings. The first-order valence-electron chi connectivity index (χ1n) is 5.76. The summed E-state index contributed by atoms with van der Waals surface area (Å²) in [5.74, 6) is 0.848. The highest BCUT2D eigenvalue weighted by Crippen LogP contribution is 2.20. The second kappa shape index (κ2) is 4.44. The van der Waals surface area contributed by atoms with Crippen molar-refractivity contribution < 1.29 is 0 Å². The summed E-state index contributed by atoms with van der Waals surface area (Å²) in [7, 11) is 0. The van der Waals surface area contributed by atoms with Gasteiger partial charge >= 0.3 is 0 Å². The summed E-state index contributed by atoms with van der Waals surface area (Å²) in [6.45, 7) is 2.73. The molecule has 0 radical (unpaired) electrons. The Balaban J connectivity index is 1.86. The number of nitrogens with one attached hydrogen (secondary N) is 2. The number of aromatic amines is 1. The minimum absolute atomic E-state index is 0.721. The minimum Gasteiger partial charge on any atom is -0.365 e. The van der Waals surface area contributed by atoms with Crippen LogP contribution in [0.3, 0.4) is 0 Å². The van der Waals surface area contributed by atoms with E-state index < -0.39 is 0 Å². The Kier molecular flexibility index (Phi) is 2.64. The highest BCUT2D eigenvalue weighted by atomic mass is 15.0. The molecular weight excluding hydrogens is 226 g/mol. The highest BCUT2D eigenvalue weighted by Gasteiger charge is 2.05. The third-order valence-electron chi connectivity index (χ3n) is 2.77. The average molecular weight is 239 g/mol. The monoisotopic (exact) mass is 239 g/mol. The van der Waals surface area contributed by atoms with Gasteiger partial charge in [-0.15, -0.1) is 0 Å². The van der Waals surface area contributed by atoms with Gasteiger partial charge in [-0.05, 0) is 30.7 Å². The van der Waals surface area contributed by atoms with Gasteiger partial charge in [-0.2, -0.15) is 0 Å². The molecule has 5 nitrogen and oxygen atoms in total. The summed E-state index contributed by atoms with van der Waals surface area (Å²) in [5, 5.41) is 4.34. The summed E-state index contributed by atoms with van der Waals surface area (Å²) in [6, 6.07) is 6.01. The van der Waals surface area contributed by atoms with E-state index in [9.17, 15) is 0 Å². The molecule has 0 aromatic carbocycles. The van der Waals surface area contributed by atoms with Crippen molar-refractivity contribution in [3.63, 3.8) is 0 Å². The molecule has 3 aromatic rings.